The molecule has 1 aliphatic rings. The van der Waals surface area contributed by atoms with Crippen molar-refractivity contribution in [3.63, 3.8) is 0 Å². The third kappa shape index (κ3) is 3.24. The largest absolute Gasteiger partial charge is 0.433 e. The summed E-state index contributed by atoms with van der Waals surface area (Å²) in [6, 6.07) is 3.72. The minimum Gasteiger partial charge on any atom is -0.309 e. The number of pyridine rings is 1. The van der Waals surface area contributed by atoms with E-state index in [-0.39, 0.29) is 17.3 Å². The highest BCUT2D eigenvalue weighted by molar-refractivity contribution is 5.36. The number of nitrogens with zero attached hydrogens (tertiary/aromatic N) is 2. The third-order valence-electron chi connectivity index (χ3n) is 3.23. The monoisotopic (exact) mass is 269 g/mol. The molecule has 1 N–H and O–H groups in total. The molecule has 2 rings (SSSR count). The van der Waals surface area contributed by atoms with Crippen molar-refractivity contribution >= 4 is 0 Å². The number of nitrogens with one attached hydrogen (secondary N) is 1. The molecule has 1 aliphatic heterocycles. The van der Waals surface area contributed by atoms with Crippen molar-refractivity contribution in [3.05, 3.63) is 29.1 Å². The van der Waals surface area contributed by atoms with Crippen LogP contribution >= 0.6 is 0 Å². The lowest BCUT2D eigenvalue weighted by atomic mass is 10.0. The van der Waals surface area contributed by atoms with Crippen molar-refractivity contribution in [1.82, 2.24) is 10.3 Å². The number of hydrogen-bond donors (Lipinski definition) is 1. The highest BCUT2D eigenvalue weighted by Gasteiger charge is 2.34. The molecule has 1 aromatic rings. The van der Waals surface area contributed by atoms with Crippen molar-refractivity contribution in [1.29, 1.82) is 5.26 Å². The molecule has 0 bridgehead atoms. The smallest absolute Gasteiger partial charge is 0.309 e. The number of hydrogen-bond acceptors (Lipinski definition) is 3. The maximum absolute atomic E-state index is 12.7. The summed E-state index contributed by atoms with van der Waals surface area (Å²) < 4.78 is 38.1. The number of rotatable bonds is 1. The summed E-state index contributed by atoms with van der Waals surface area (Å²) in [5.41, 5.74) is -0.501. The van der Waals surface area contributed by atoms with Crippen LogP contribution in [0.25, 0.3) is 0 Å². The average Bonchev–Trinajstić information content (AvgIpc) is 2.65. The standard InChI is InChI=1S/C13H14F3N3/c14-13(15,16)11-6-5-9(8-17)12(19-11)10-4-2-1-3-7-18-10/h5-6,10,18H,1-4,7H2. The second-order valence-corrected chi connectivity index (χ2v) is 4.59. The highest BCUT2D eigenvalue weighted by Crippen LogP contribution is 2.31. The zero-order valence-corrected chi connectivity index (χ0v) is 10.3. The number of nitriles is 1. The molecule has 1 saturated heterocycles. The molecule has 3 nitrogen and oxygen atoms in total. The summed E-state index contributed by atoms with van der Waals surface area (Å²) in [5, 5.41) is 12.2. The normalized spacial score (nSPS) is 20.6. The van der Waals surface area contributed by atoms with Crippen molar-refractivity contribution < 1.29 is 13.2 Å². The molecule has 0 aromatic carbocycles. The van der Waals surface area contributed by atoms with Gasteiger partial charge in [0.15, 0.2) is 0 Å². The zero-order valence-electron chi connectivity index (χ0n) is 10.3. The fourth-order valence-corrected chi connectivity index (χ4v) is 2.25. The topological polar surface area (TPSA) is 48.7 Å². The number of aromatic nitrogens is 1. The van der Waals surface area contributed by atoms with Gasteiger partial charge < -0.3 is 5.32 Å². The van der Waals surface area contributed by atoms with Crippen molar-refractivity contribution in [2.24, 2.45) is 0 Å². The second kappa shape index (κ2) is 5.57. The molecule has 0 amide bonds. The predicted octanol–water partition coefficient (Wildman–Crippen LogP) is 3.18. The molecular weight excluding hydrogens is 255 g/mol. The molecule has 2 heterocycles. The van der Waals surface area contributed by atoms with E-state index in [4.69, 9.17) is 5.26 Å². The van der Waals surface area contributed by atoms with Gasteiger partial charge in [-0.1, -0.05) is 12.8 Å². The quantitative estimate of drug-likeness (QED) is 0.851. The Balaban J connectivity index is 2.38. The molecule has 102 valence electrons. The summed E-state index contributed by atoms with van der Waals surface area (Å²) in [6.45, 7) is 0.744. The second-order valence-electron chi connectivity index (χ2n) is 4.59. The summed E-state index contributed by atoms with van der Waals surface area (Å²) in [4.78, 5) is 3.67. The van der Waals surface area contributed by atoms with E-state index in [0.29, 0.717) is 6.42 Å². The summed E-state index contributed by atoms with van der Waals surface area (Å²) in [6.07, 6.45) is -0.793. The molecule has 0 radical (unpaired) electrons. The van der Waals surface area contributed by atoms with Crippen LogP contribution in [0.5, 0.6) is 0 Å². The van der Waals surface area contributed by atoms with Crippen LogP contribution < -0.4 is 5.32 Å². The minimum absolute atomic E-state index is 0.215. The van der Waals surface area contributed by atoms with Crippen LogP contribution in [0.3, 0.4) is 0 Å². The molecule has 1 aromatic heterocycles. The Morgan fingerprint density at radius 1 is 1.26 bits per heavy atom. The Morgan fingerprint density at radius 3 is 2.74 bits per heavy atom. The fraction of sp³-hybridized carbons (Fsp3) is 0.538. The highest BCUT2D eigenvalue weighted by atomic mass is 19.4. The first-order valence-electron chi connectivity index (χ1n) is 6.24. The van der Waals surface area contributed by atoms with Gasteiger partial charge in [0.25, 0.3) is 0 Å². The molecule has 1 atom stereocenters. The minimum atomic E-state index is -4.48. The lowest BCUT2D eigenvalue weighted by molar-refractivity contribution is -0.141. The van der Waals surface area contributed by atoms with Gasteiger partial charge in [0.05, 0.1) is 17.3 Å². The van der Waals surface area contributed by atoms with Crippen LogP contribution in [0.1, 0.15) is 48.7 Å². The van der Waals surface area contributed by atoms with Crippen molar-refractivity contribution in [2.75, 3.05) is 6.54 Å². The van der Waals surface area contributed by atoms with E-state index < -0.39 is 11.9 Å². The van der Waals surface area contributed by atoms with E-state index in [1.54, 1.807) is 0 Å². The molecular formula is C13H14F3N3. The van der Waals surface area contributed by atoms with E-state index in [0.717, 1.165) is 31.9 Å². The molecule has 0 saturated carbocycles. The van der Waals surface area contributed by atoms with Gasteiger partial charge in [0, 0.05) is 0 Å². The Bertz CT molecular complexity index is 483. The Labute approximate surface area is 109 Å². The van der Waals surface area contributed by atoms with Gasteiger partial charge in [-0.3, -0.25) is 0 Å². The van der Waals surface area contributed by atoms with E-state index in [1.807, 2.05) is 6.07 Å². The maximum Gasteiger partial charge on any atom is 0.433 e. The third-order valence-corrected chi connectivity index (χ3v) is 3.23. The van der Waals surface area contributed by atoms with Crippen LogP contribution in [0.15, 0.2) is 12.1 Å². The van der Waals surface area contributed by atoms with Gasteiger partial charge in [-0.25, -0.2) is 4.98 Å². The summed E-state index contributed by atoms with van der Waals surface area (Å²) in [5.74, 6) is 0. The van der Waals surface area contributed by atoms with E-state index in [2.05, 4.69) is 10.3 Å². The van der Waals surface area contributed by atoms with Crippen LogP contribution in [-0.2, 0) is 6.18 Å². The molecule has 1 fully saturated rings. The van der Waals surface area contributed by atoms with Gasteiger partial charge in [0.1, 0.15) is 11.8 Å². The van der Waals surface area contributed by atoms with Gasteiger partial charge in [-0.2, -0.15) is 18.4 Å². The first-order chi connectivity index (χ1) is 9.02. The van der Waals surface area contributed by atoms with E-state index in [9.17, 15) is 13.2 Å². The number of halogens is 3. The van der Waals surface area contributed by atoms with Crippen LogP contribution in [0.2, 0.25) is 0 Å². The van der Waals surface area contributed by atoms with Crippen LogP contribution in [0, 0.1) is 11.3 Å². The Kier molecular flexibility index (Phi) is 4.05. The Morgan fingerprint density at radius 2 is 2.05 bits per heavy atom. The lowest BCUT2D eigenvalue weighted by Gasteiger charge is -2.18. The molecule has 6 heteroatoms. The summed E-state index contributed by atoms with van der Waals surface area (Å²) in [7, 11) is 0. The van der Waals surface area contributed by atoms with E-state index in [1.165, 1.54) is 6.07 Å². The summed E-state index contributed by atoms with van der Waals surface area (Å²) >= 11 is 0. The first kappa shape index (κ1) is 13.8. The van der Waals surface area contributed by atoms with Gasteiger partial charge >= 0.3 is 6.18 Å². The molecule has 0 aliphatic carbocycles. The van der Waals surface area contributed by atoms with Gasteiger partial charge in [-0.05, 0) is 31.5 Å². The number of alkyl halides is 3. The zero-order chi connectivity index (χ0) is 13.9. The predicted molar refractivity (Wildman–Crippen MR) is 63.2 cm³/mol. The van der Waals surface area contributed by atoms with E-state index >= 15 is 0 Å². The van der Waals surface area contributed by atoms with Crippen LogP contribution in [0.4, 0.5) is 13.2 Å². The SMILES string of the molecule is N#Cc1ccc(C(F)(F)F)nc1C1CCCCCN1. The van der Waals surface area contributed by atoms with Crippen molar-refractivity contribution in [3.8, 4) is 6.07 Å². The fourth-order valence-electron chi connectivity index (χ4n) is 2.25. The lowest BCUT2D eigenvalue weighted by Crippen LogP contribution is -2.23. The average molecular weight is 269 g/mol. The van der Waals surface area contributed by atoms with Gasteiger partial charge in [0.2, 0.25) is 0 Å². The van der Waals surface area contributed by atoms with Gasteiger partial charge in [-0.15, -0.1) is 0 Å². The molecule has 19 heavy (non-hydrogen) atoms. The Hall–Kier alpha value is -1.61. The maximum atomic E-state index is 12.7. The first-order valence-corrected chi connectivity index (χ1v) is 6.24. The molecule has 1 unspecified atom stereocenters. The molecule has 0 spiro atoms. The van der Waals surface area contributed by atoms with Crippen LogP contribution in [-0.4, -0.2) is 11.5 Å². The van der Waals surface area contributed by atoms with Crippen molar-refractivity contribution in [2.45, 2.75) is 37.9 Å².